The van der Waals surface area contributed by atoms with Gasteiger partial charge in [-0.1, -0.05) is 12.1 Å². The summed E-state index contributed by atoms with van der Waals surface area (Å²) in [5.41, 5.74) is 1.24. The third-order valence-electron chi connectivity index (χ3n) is 3.97. The van der Waals surface area contributed by atoms with E-state index in [2.05, 4.69) is 24.8 Å². The largest absolute Gasteiger partial charge is 0.495 e. The number of aliphatic hydroxyl groups excluding tert-OH is 1. The number of nitrogens with zero attached hydrogens (tertiary/aromatic N) is 1. The Balaban J connectivity index is 2.33. The lowest BCUT2D eigenvalue weighted by Gasteiger charge is -2.47. The van der Waals surface area contributed by atoms with Gasteiger partial charge < -0.3 is 14.7 Å². The SMILES string of the molecule is COc1ccccc1N1CC(CO)CCC1(C)C. The Morgan fingerprint density at radius 2 is 2.11 bits per heavy atom. The molecule has 3 heteroatoms. The molecule has 0 bridgehead atoms. The third kappa shape index (κ3) is 2.46. The van der Waals surface area contributed by atoms with Crippen molar-refractivity contribution in [3.05, 3.63) is 24.3 Å². The Labute approximate surface area is 109 Å². The fourth-order valence-electron chi connectivity index (χ4n) is 2.72. The minimum atomic E-state index is 0.111. The van der Waals surface area contributed by atoms with Gasteiger partial charge in [-0.2, -0.15) is 0 Å². The van der Waals surface area contributed by atoms with E-state index >= 15 is 0 Å². The molecule has 1 aliphatic rings. The van der Waals surface area contributed by atoms with Gasteiger partial charge in [-0.3, -0.25) is 0 Å². The highest BCUT2D eigenvalue weighted by Crippen LogP contribution is 2.39. The van der Waals surface area contributed by atoms with Crippen LogP contribution in [0.5, 0.6) is 5.75 Å². The quantitative estimate of drug-likeness (QED) is 0.894. The summed E-state index contributed by atoms with van der Waals surface area (Å²) in [6.45, 7) is 5.67. The number of rotatable bonds is 3. The molecule has 1 fully saturated rings. The zero-order valence-electron chi connectivity index (χ0n) is 11.5. The molecule has 3 nitrogen and oxygen atoms in total. The highest BCUT2D eigenvalue weighted by molar-refractivity contribution is 5.60. The summed E-state index contributed by atoms with van der Waals surface area (Å²) < 4.78 is 5.46. The molecule has 18 heavy (non-hydrogen) atoms. The second kappa shape index (κ2) is 5.19. The number of hydrogen-bond donors (Lipinski definition) is 1. The van der Waals surface area contributed by atoms with Crippen LogP contribution in [-0.2, 0) is 0 Å². The Hall–Kier alpha value is -1.22. The van der Waals surface area contributed by atoms with Crippen LogP contribution in [0.1, 0.15) is 26.7 Å². The number of anilines is 1. The van der Waals surface area contributed by atoms with Gasteiger partial charge in [0.2, 0.25) is 0 Å². The number of ether oxygens (including phenoxy) is 1. The van der Waals surface area contributed by atoms with Gasteiger partial charge in [0, 0.05) is 18.7 Å². The number of hydrogen-bond acceptors (Lipinski definition) is 3. The second-order valence-corrected chi connectivity index (χ2v) is 5.68. The molecule has 0 aromatic heterocycles. The molecule has 1 aromatic carbocycles. The van der Waals surface area contributed by atoms with Crippen LogP contribution in [0.4, 0.5) is 5.69 Å². The molecule has 1 aromatic rings. The molecule has 1 unspecified atom stereocenters. The smallest absolute Gasteiger partial charge is 0.142 e. The zero-order valence-corrected chi connectivity index (χ0v) is 11.5. The van der Waals surface area contributed by atoms with Crippen molar-refractivity contribution >= 4 is 5.69 Å². The lowest BCUT2D eigenvalue weighted by atomic mass is 9.84. The fourth-order valence-corrected chi connectivity index (χ4v) is 2.72. The van der Waals surface area contributed by atoms with Crippen LogP contribution < -0.4 is 9.64 Å². The first kappa shape index (κ1) is 13.2. The first-order chi connectivity index (χ1) is 8.58. The topological polar surface area (TPSA) is 32.7 Å². The standard InChI is InChI=1S/C15H23NO2/c1-15(2)9-8-12(11-17)10-16(15)13-6-4-5-7-14(13)18-3/h4-7,12,17H,8-11H2,1-3H3. The van der Waals surface area contributed by atoms with Crippen molar-refractivity contribution in [2.24, 2.45) is 5.92 Å². The van der Waals surface area contributed by atoms with E-state index in [4.69, 9.17) is 4.74 Å². The maximum Gasteiger partial charge on any atom is 0.142 e. The third-order valence-corrected chi connectivity index (χ3v) is 3.97. The van der Waals surface area contributed by atoms with Gasteiger partial charge in [0.05, 0.1) is 12.8 Å². The van der Waals surface area contributed by atoms with E-state index in [1.807, 2.05) is 18.2 Å². The molecule has 0 spiro atoms. The van der Waals surface area contributed by atoms with Crippen molar-refractivity contribution < 1.29 is 9.84 Å². The second-order valence-electron chi connectivity index (χ2n) is 5.68. The van der Waals surface area contributed by atoms with Crippen LogP contribution in [0.15, 0.2) is 24.3 Å². The van der Waals surface area contributed by atoms with Crippen LogP contribution in [0.25, 0.3) is 0 Å². The zero-order chi connectivity index (χ0) is 13.2. The van der Waals surface area contributed by atoms with Gasteiger partial charge in [0.1, 0.15) is 5.75 Å². The lowest BCUT2D eigenvalue weighted by Crippen LogP contribution is -2.51. The Bertz CT molecular complexity index is 403. The van der Waals surface area contributed by atoms with Crippen LogP contribution in [-0.4, -0.2) is 30.9 Å². The van der Waals surface area contributed by atoms with Gasteiger partial charge in [0.25, 0.3) is 0 Å². The monoisotopic (exact) mass is 249 g/mol. The molecule has 0 radical (unpaired) electrons. The summed E-state index contributed by atoms with van der Waals surface area (Å²) in [5, 5.41) is 9.39. The van der Waals surface area contributed by atoms with E-state index in [1.165, 1.54) is 0 Å². The molecule has 0 saturated carbocycles. The summed E-state index contributed by atoms with van der Waals surface area (Å²) in [5.74, 6) is 1.27. The van der Waals surface area contributed by atoms with Crippen molar-refractivity contribution in [2.45, 2.75) is 32.2 Å². The molecule has 100 valence electrons. The average Bonchev–Trinajstić information content (AvgIpc) is 2.38. The van der Waals surface area contributed by atoms with Gasteiger partial charge in [-0.15, -0.1) is 0 Å². The molecule has 0 amide bonds. The van der Waals surface area contributed by atoms with E-state index in [0.29, 0.717) is 5.92 Å². The first-order valence-corrected chi connectivity index (χ1v) is 6.60. The van der Waals surface area contributed by atoms with E-state index in [0.717, 1.165) is 30.8 Å². The highest BCUT2D eigenvalue weighted by Gasteiger charge is 2.35. The molecule has 1 aliphatic heterocycles. The van der Waals surface area contributed by atoms with Crippen LogP contribution in [0.2, 0.25) is 0 Å². The van der Waals surface area contributed by atoms with Gasteiger partial charge in [-0.25, -0.2) is 0 Å². The van der Waals surface area contributed by atoms with Crippen LogP contribution in [0.3, 0.4) is 0 Å². The normalized spacial score (nSPS) is 22.9. The highest BCUT2D eigenvalue weighted by atomic mass is 16.5. The number of para-hydroxylation sites is 2. The van der Waals surface area contributed by atoms with Crippen LogP contribution >= 0.6 is 0 Å². The van der Waals surface area contributed by atoms with Crippen molar-refractivity contribution in [1.82, 2.24) is 0 Å². The van der Waals surface area contributed by atoms with Crippen molar-refractivity contribution in [1.29, 1.82) is 0 Å². The first-order valence-electron chi connectivity index (χ1n) is 6.60. The molecule has 1 atom stereocenters. The van der Waals surface area contributed by atoms with Crippen molar-refractivity contribution in [3.63, 3.8) is 0 Å². The number of methoxy groups -OCH3 is 1. The number of piperidine rings is 1. The average molecular weight is 249 g/mol. The minimum Gasteiger partial charge on any atom is -0.495 e. The number of aliphatic hydroxyl groups is 1. The van der Waals surface area contributed by atoms with E-state index in [9.17, 15) is 5.11 Å². The molecule has 2 rings (SSSR count). The predicted molar refractivity (Wildman–Crippen MR) is 74.2 cm³/mol. The molecule has 1 heterocycles. The molecule has 1 N–H and O–H groups in total. The summed E-state index contributed by atoms with van der Waals surface area (Å²) in [4.78, 5) is 2.37. The van der Waals surface area contributed by atoms with Gasteiger partial charge >= 0.3 is 0 Å². The number of benzene rings is 1. The summed E-state index contributed by atoms with van der Waals surface area (Å²) in [6, 6.07) is 8.12. The molecule has 0 aliphatic carbocycles. The van der Waals surface area contributed by atoms with Crippen LogP contribution in [0, 0.1) is 5.92 Å². The fraction of sp³-hybridized carbons (Fsp3) is 0.600. The van der Waals surface area contributed by atoms with E-state index in [-0.39, 0.29) is 12.1 Å². The maximum absolute atomic E-state index is 9.39. The summed E-state index contributed by atoms with van der Waals surface area (Å²) >= 11 is 0. The molecular formula is C15H23NO2. The molecular weight excluding hydrogens is 226 g/mol. The Morgan fingerprint density at radius 3 is 2.78 bits per heavy atom. The van der Waals surface area contributed by atoms with Gasteiger partial charge in [-0.05, 0) is 44.7 Å². The Kier molecular flexibility index (Phi) is 3.81. The lowest BCUT2D eigenvalue weighted by molar-refractivity contribution is 0.180. The van der Waals surface area contributed by atoms with Crippen molar-refractivity contribution in [3.8, 4) is 5.75 Å². The van der Waals surface area contributed by atoms with Gasteiger partial charge in [0.15, 0.2) is 0 Å². The maximum atomic E-state index is 9.39. The summed E-state index contributed by atoms with van der Waals surface area (Å²) in [6.07, 6.45) is 2.19. The van der Waals surface area contributed by atoms with E-state index < -0.39 is 0 Å². The molecule has 1 saturated heterocycles. The Morgan fingerprint density at radius 1 is 1.39 bits per heavy atom. The van der Waals surface area contributed by atoms with Crippen molar-refractivity contribution in [2.75, 3.05) is 25.2 Å². The summed E-state index contributed by atoms with van der Waals surface area (Å²) in [7, 11) is 1.71. The predicted octanol–water partition coefficient (Wildman–Crippen LogP) is 2.68. The van der Waals surface area contributed by atoms with E-state index in [1.54, 1.807) is 7.11 Å². The minimum absolute atomic E-state index is 0.111.